The molecule has 1 aromatic carbocycles. The molecule has 0 spiro atoms. The van der Waals surface area contributed by atoms with E-state index in [0.717, 1.165) is 0 Å². The van der Waals surface area contributed by atoms with Crippen LogP contribution in [-0.2, 0) is 27.3 Å². The molecule has 0 saturated carbocycles. The van der Waals surface area contributed by atoms with E-state index in [1.165, 1.54) is 11.1 Å². The van der Waals surface area contributed by atoms with E-state index in [0.29, 0.717) is 52.2 Å². The average molecular weight is 317 g/mol. The van der Waals surface area contributed by atoms with Gasteiger partial charge >= 0.3 is 0 Å². The highest BCUT2D eigenvalue weighted by atomic mass is 16.5. The Kier molecular flexibility index (Phi) is 4.93. The molecule has 2 heterocycles. The first-order valence-electron chi connectivity index (χ1n) is 8.11. The van der Waals surface area contributed by atoms with Gasteiger partial charge in [-0.1, -0.05) is 24.3 Å². The fraction of sp³-hybridized carbons (Fsp3) is 0.529. The SMILES string of the molecule is NC(=O)[C@@H]1Cc2ccccc2CN1CCC(=O)N1CCOCC1. The summed E-state index contributed by atoms with van der Waals surface area (Å²) in [4.78, 5) is 27.9. The Hall–Kier alpha value is -1.92. The van der Waals surface area contributed by atoms with Gasteiger partial charge in [0.05, 0.1) is 19.3 Å². The molecule has 6 nitrogen and oxygen atoms in total. The summed E-state index contributed by atoms with van der Waals surface area (Å²) in [6, 6.07) is 7.77. The normalized spacial score (nSPS) is 21.7. The van der Waals surface area contributed by atoms with Crippen molar-refractivity contribution in [1.29, 1.82) is 0 Å². The molecule has 1 atom stereocenters. The lowest BCUT2D eigenvalue weighted by Crippen LogP contribution is -2.50. The molecule has 0 aromatic heterocycles. The second-order valence-electron chi connectivity index (χ2n) is 6.10. The van der Waals surface area contributed by atoms with E-state index in [-0.39, 0.29) is 17.9 Å². The quantitative estimate of drug-likeness (QED) is 0.857. The molecule has 1 aromatic rings. The van der Waals surface area contributed by atoms with Crippen molar-refractivity contribution in [3.63, 3.8) is 0 Å². The van der Waals surface area contributed by atoms with E-state index in [4.69, 9.17) is 10.5 Å². The molecule has 0 radical (unpaired) electrons. The van der Waals surface area contributed by atoms with E-state index in [1.54, 1.807) is 0 Å². The molecule has 3 rings (SSSR count). The summed E-state index contributed by atoms with van der Waals surface area (Å²) in [7, 11) is 0. The van der Waals surface area contributed by atoms with Gasteiger partial charge in [0.2, 0.25) is 11.8 Å². The number of carbonyl (C=O) groups is 2. The number of nitrogens with zero attached hydrogens (tertiary/aromatic N) is 2. The second-order valence-corrected chi connectivity index (χ2v) is 6.10. The Bertz CT molecular complexity index is 584. The van der Waals surface area contributed by atoms with Crippen molar-refractivity contribution in [3.8, 4) is 0 Å². The zero-order chi connectivity index (χ0) is 16.2. The molecule has 2 aliphatic rings. The molecule has 2 amide bonds. The standard InChI is InChI=1S/C17H23N3O3/c18-17(22)15-11-13-3-1-2-4-14(13)12-20(15)6-5-16(21)19-7-9-23-10-8-19/h1-4,15H,5-12H2,(H2,18,22)/t15-/m0/s1. The first kappa shape index (κ1) is 16.0. The molecular formula is C17H23N3O3. The van der Waals surface area contributed by atoms with E-state index in [1.807, 2.05) is 28.0 Å². The Balaban J connectivity index is 1.63. The lowest BCUT2D eigenvalue weighted by molar-refractivity contribution is -0.136. The molecular weight excluding hydrogens is 294 g/mol. The summed E-state index contributed by atoms with van der Waals surface area (Å²) in [5.74, 6) is -0.200. The van der Waals surface area contributed by atoms with Crippen LogP contribution in [0.3, 0.4) is 0 Å². The number of fused-ring (bicyclic) bond motifs is 1. The van der Waals surface area contributed by atoms with Crippen LogP contribution in [0.15, 0.2) is 24.3 Å². The number of primary amides is 1. The van der Waals surface area contributed by atoms with Gasteiger partial charge in [-0.05, 0) is 17.5 Å². The fourth-order valence-corrected chi connectivity index (χ4v) is 3.30. The maximum Gasteiger partial charge on any atom is 0.235 e. The third-order valence-corrected chi connectivity index (χ3v) is 4.65. The van der Waals surface area contributed by atoms with Crippen molar-refractivity contribution < 1.29 is 14.3 Å². The van der Waals surface area contributed by atoms with Crippen molar-refractivity contribution in [2.45, 2.75) is 25.4 Å². The Morgan fingerprint density at radius 1 is 1.17 bits per heavy atom. The summed E-state index contributed by atoms with van der Waals surface area (Å²) in [5.41, 5.74) is 7.96. The molecule has 1 saturated heterocycles. The Morgan fingerprint density at radius 3 is 2.57 bits per heavy atom. The van der Waals surface area contributed by atoms with Gasteiger partial charge in [0.1, 0.15) is 0 Å². The summed E-state index contributed by atoms with van der Waals surface area (Å²) >= 11 is 0. The Labute approximate surface area is 136 Å². The average Bonchev–Trinajstić information content (AvgIpc) is 2.59. The third kappa shape index (κ3) is 3.71. The molecule has 0 aliphatic carbocycles. The van der Waals surface area contributed by atoms with Gasteiger partial charge < -0.3 is 15.4 Å². The zero-order valence-electron chi connectivity index (χ0n) is 13.2. The minimum Gasteiger partial charge on any atom is -0.378 e. The number of amides is 2. The lowest BCUT2D eigenvalue weighted by Gasteiger charge is -2.35. The second kappa shape index (κ2) is 7.10. The summed E-state index contributed by atoms with van der Waals surface area (Å²) in [5, 5.41) is 0. The van der Waals surface area contributed by atoms with Crippen LogP contribution >= 0.6 is 0 Å². The highest BCUT2D eigenvalue weighted by molar-refractivity contribution is 5.81. The number of morpholine rings is 1. The van der Waals surface area contributed by atoms with Crippen LogP contribution in [0.25, 0.3) is 0 Å². The van der Waals surface area contributed by atoms with Crippen molar-refractivity contribution in [2.24, 2.45) is 5.73 Å². The number of benzene rings is 1. The van der Waals surface area contributed by atoms with Crippen LogP contribution in [0.4, 0.5) is 0 Å². The topological polar surface area (TPSA) is 75.9 Å². The van der Waals surface area contributed by atoms with Gasteiger partial charge in [0, 0.05) is 32.6 Å². The van der Waals surface area contributed by atoms with E-state index in [2.05, 4.69) is 6.07 Å². The zero-order valence-corrected chi connectivity index (χ0v) is 13.2. The first-order chi connectivity index (χ1) is 11.1. The molecule has 124 valence electrons. The van der Waals surface area contributed by atoms with Crippen molar-refractivity contribution >= 4 is 11.8 Å². The van der Waals surface area contributed by atoms with Gasteiger partial charge in [-0.3, -0.25) is 14.5 Å². The van der Waals surface area contributed by atoms with Gasteiger partial charge in [0.15, 0.2) is 0 Å². The molecule has 6 heteroatoms. The number of hydrogen-bond acceptors (Lipinski definition) is 4. The summed E-state index contributed by atoms with van der Waals surface area (Å²) in [6.45, 7) is 3.74. The van der Waals surface area contributed by atoms with Gasteiger partial charge in [-0.25, -0.2) is 0 Å². The van der Waals surface area contributed by atoms with Crippen LogP contribution in [0.5, 0.6) is 0 Å². The number of ether oxygens (including phenoxy) is 1. The van der Waals surface area contributed by atoms with Gasteiger partial charge in [-0.2, -0.15) is 0 Å². The maximum atomic E-state index is 12.3. The summed E-state index contributed by atoms with van der Waals surface area (Å²) < 4.78 is 5.27. The van der Waals surface area contributed by atoms with Crippen LogP contribution in [0, 0.1) is 0 Å². The first-order valence-corrected chi connectivity index (χ1v) is 8.11. The minimum atomic E-state index is -0.331. The van der Waals surface area contributed by atoms with Crippen molar-refractivity contribution in [1.82, 2.24) is 9.80 Å². The molecule has 0 bridgehead atoms. The van der Waals surface area contributed by atoms with E-state index in [9.17, 15) is 9.59 Å². The monoisotopic (exact) mass is 317 g/mol. The maximum absolute atomic E-state index is 12.3. The molecule has 0 unspecified atom stereocenters. The van der Waals surface area contributed by atoms with E-state index >= 15 is 0 Å². The van der Waals surface area contributed by atoms with Gasteiger partial charge in [0.25, 0.3) is 0 Å². The lowest BCUT2D eigenvalue weighted by atomic mass is 9.93. The minimum absolute atomic E-state index is 0.121. The van der Waals surface area contributed by atoms with Gasteiger partial charge in [-0.15, -0.1) is 0 Å². The van der Waals surface area contributed by atoms with E-state index < -0.39 is 0 Å². The Morgan fingerprint density at radius 2 is 1.87 bits per heavy atom. The molecule has 23 heavy (non-hydrogen) atoms. The molecule has 2 aliphatic heterocycles. The molecule has 1 fully saturated rings. The van der Waals surface area contributed by atoms with Crippen LogP contribution < -0.4 is 5.73 Å². The number of hydrogen-bond donors (Lipinski definition) is 1. The predicted octanol–water partition coefficient (Wildman–Crippen LogP) is 0.147. The number of nitrogens with two attached hydrogens (primary N) is 1. The van der Waals surface area contributed by atoms with Crippen LogP contribution in [0.1, 0.15) is 17.5 Å². The number of carbonyl (C=O) groups excluding carboxylic acids is 2. The molecule has 2 N–H and O–H groups in total. The highest BCUT2D eigenvalue weighted by Gasteiger charge is 2.30. The number of rotatable bonds is 4. The van der Waals surface area contributed by atoms with Crippen LogP contribution in [0.2, 0.25) is 0 Å². The largest absolute Gasteiger partial charge is 0.378 e. The summed E-state index contributed by atoms with van der Waals surface area (Å²) in [6.07, 6.45) is 1.03. The third-order valence-electron chi connectivity index (χ3n) is 4.65. The fourth-order valence-electron chi connectivity index (χ4n) is 3.30. The highest BCUT2D eigenvalue weighted by Crippen LogP contribution is 2.23. The van der Waals surface area contributed by atoms with Crippen molar-refractivity contribution in [2.75, 3.05) is 32.8 Å². The van der Waals surface area contributed by atoms with Crippen LogP contribution in [-0.4, -0.2) is 60.5 Å². The smallest absolute Gasteiger partial charge is 0.235 e. The predicted molar refractivity (Wildman–Crippen MR) is 85.6 cm³/mol. The van der Waals surface area contributed by atoms with Crippen molar-refractivity contribution in [3.05, 3.63) is 35.4 Å².